The van der Waals surface area contributed by atoms with Crippen LogP contribution >= 0.6 is 0 Å². The van der Waals surface area contributed by atoms with Crippen LogP contribution < -0.4 is 5.32 Å². The number of fused-ring (bicyclic) bond motifs is 2. The summed E-state index contributed by atoms with van der Waals surface area (Å²) in [4.78, 5) is 6.86. The van der Waals surface area contributed by atoms with Crippen molar-refractivity contribution in [1.82, 2.24) is 29.3 Å². The maximum absolute atomic E-state index is 13.6. The normalized spacial score (nSPS) is 16.5. The summed E-state index contributed by atoms with van der Waals surface area (Å²) in [6, 6.07) is 14.9. The number of nitrogens with zero attached hydrogens (tertiary/aromatic N) is 6. The second-order valence-electron chi connectivity index (χ2n) is 9.02. The van der Waals surface area contributed by atoms with Crippen molar-refractivity contribution in [3.05, 3.63) is 84.2 Å². The highest BCUT2D eigenvalue weighted by molar-refractivity contribution is 5.85. The molecule has 1 saturated heterocycles. The highest BCUT2D eigenvalue weighted by Crippen LogP contribution is 2.28. The van der Waals surface area contributed by atoms with E-state index in [1.807, 2.05) is 45.9 Å². The van der Waals surface area contributed by atoms with Gasteiger partial charge in [-0.15, -0.1) is 0 Å². The average molecular weight is 472 g/mol. The van der Waals surface area contributed by atoms with Crippen molar-refractivity contribution >= 4 is 27.9 Å². The molecule has 1 fully saturated rings. The standard InChI is InChI=1S/C26H26FN7O/c27-21-4-1-3-18(11-21)14-34-24-7-6-22(12-20(24)13-29-34)31-26-25-19(8-10-33(25)30-17-28-26)15-32-9-2-5-23(32)16-35/h1,3-4,6-8,10-13,17,23,35H,2,5,9,14-16H2,(H,28,30,31)/t23-/m0/s1. The van der Waals surface area contributed by atoms with Crippen LogP contribution in [0.15, 0.2) is 67.3 Å². The highest BCUT2D eigenvalue weighted by Gasteiger charge is 2.25. The van der Waals surface area contributed by atoms with Crippen molar-refractivity contribution in [2.45, 2.75) is 32.0 Å². The molecule has 2 N–H and O–H groups in total. The van der Waals surface area contributed by atoms with Crippen molar-refractivity contribution in [3.8, 4) is 0 Å². The lowest BCUT2D eigenvalue weighted by Crippen LogP contribution is -2.31. The van der Waals surface area contributed by atoms with Crippen molar-refractivity contribution in [1.29, 1.82) is 0 Å². The molecule has 8 nitrogen and oxygen atoms in total. The average Bonchev–Trinajstić information content (AvgIpc) is 3.59. The van der Waals surface area contributed by atoms with Crippen LogP contribution in [0, 0.1) is 5.82 Å². The summed E-state index contributed by atoms with van der Waals surface area (Å²) in [6.45, 7) is 2.41. The third-order valence-corrected chi connectivity index (χ3v) is 6.75. The van der Waals surface area contributed by atoms with E-state index in [4.69, 9.17) is 0 Å². The molecule has 5 aromatic rings. The van der Waals surface area contributed by atoms with Crippen molar-refractivity contribution in [2.75, 3.05) is 18.5 Å². The van der Waals surface area contributed by atoms with E-state index >= 15 is 0 Å². The van der Waals surface area contributed by atoms with Gasteiger partial charge in [-0.1, -0.05) is 12.1 Å². The molecule has 3 aromatic heterocycles. The first-order valence-corrected chi connectivity index (χ1v) is 11.8. The lowest BCUT2D eigenvalue weighted by molar-refractivity contribution is 0.154. The molecular formula is C26H26FN7O. The third kappa shape index (κ3) is 4.24. The maximum atomic E-state index is 13.6. The van der Waals surface area contributed by atoms with Crippen molar-refractivity contribution in [3.63, 3.8) is 0 Å². The van der Waals surface area contributed by atoms with Gasteiger partial charge in [0.2, 0.25) is 0 Å². The molecule has 0 aliphatic carbocycles. The first-order valence-electron chi connectivity index (χ1n) is 11.8. The van der Waals surface area contributed by atoms with Gasteiger partial charge in [0.05, 0.1) is 24.9 Å². The molecule has 1 aliphatic heterocycles. The minimum atomic E-state index is -0.247. The SMILES string of the molecule is OC[C@@H]1CCCN1Cc1ccn2ncnc(Nc3ccc4c(cnn4Cc4cccc(F)c4)c3)c12. The van der Waals surface area contributed by atoms with E-state index < -0.39 is 0 Å². The Morgan fingerprint density at radius 2 is 2.03 bits per heavy atom. The van der Waals surface area contributed by atoms with E-state index in [1.165, 1.54) is 12.1 Å². The summed E-state index contributed by atoms with van der Waals surface area (Å²) < 4.78 is 17.3. The second-order valence-corrected chi connectivity index (χ2v) is 9.02. The Labute approximate surface area is 201 Å². The highest BCUT2D eigenvalue weighted by atomic mass is 19.1. The number of aliphatic hydroxyl groups is 1. The molecule has 0 radical (unpaired) electrons. The first kappa shape index (κ1) is 21.7. The van der Waals surface area contributed by atoms with E-state index in [-0.39, 0.29) is 18.5 Å². The Morgan fingerprint density at radius 1 is 1.09 bits per heavy atom. The molecule has 9 heteroatoms. The van der Waals surface area contributed by atoms with Crippen molar-refractivity contribution < 1.29 is 9.50 Å². The Hall–Kier alpha value is -3.82. The molecule has 0 amide bonds. The van der Waals surface area contributed by atoms with Gasteiger partial charge in [0.1, 0.15) is 17.7 Å². The predicted molar refractivity (Wildman–Crippen MR) is 132 cm³/mol. The quantitative estimate of drug-likeness (QED) is 0.374. The van der Waals surface area contributed by atoms with Gasteiger partial charge in [-0.2, -0.15) is 10.2 Å². The van der Waals surface area contributed by atoms with Crippen LogP contribution in [-0.2, 0) is 13.1 Å². The number of likely N-dealkylation sites (tertiary alicyclic amines) is 1. The molecule has 0 unspecified atom stereocenters. The van der Waals surface area contributed by atoms with E-state index in [9.17, 15) is 9.50 Å². The number of benzene rings is 2. The largest absolute Gasteiger partial charge is 0.395 e. The second kappa shape index (κ2) is 9.09. The van der Waals surface area contributed by atoms with E-state index in [0.717, 1.165) is 65.0 Å². The summed E-state index contributed by atoms with van der Waals surface area (Å²) in [7, 11) is 0. The number of hydrogen-bond acceptors (Lipinski definition) is 6. The summed E-state index contributed by atoms with van der Waals surface area (Å²) in [5.74, 6) is 0.481. The fraction of sp³-hybridized carbons (Fsp3) is 0.269. The van der Waals surface area contributed by atoms with Gasteiger partial charge in [0.15, 0.2) is 5.82 Å². The lowest BCUT2D eigenvalue weighted by Gasteiger charge is -2.22. The fourth-order valence-electron chi connectivity index (χ4n) is 5.00. The smallest absolute Gasteiger partial charge is 0.158 e. The number of rotatable bonds is 7. The van der Waals surface area contributed by atoms with Crippen LogP contribution in [0.1, 0.15) is 24.0 Å². The zero-order chi connectivity index (χ0) is 23.8. The summed E-state index contributed by atoms with van der Waals surface area (Å²) in [5.41, 5.74) is 4.78. The number of anilines is 2. The van der Waals surface area contributed by atoms with Crippen molar-refractivity contribution in [2.24, 2.45) is 0 Å². The van der Waals surface area contributed by atoms with E-state index in [0.29, 0.717) is 6.54 Å². The molecular weight excluding hydrogens is 445 g/mol. The van der Waals surface area contributed by atoms with Crippen LogP contribution in [-0.4, -0.2) is 53.6 Å². The number of nitrogens with one attached hydrogen (secondary N) is 1. The minimum Gasteiger partial charge on any atom is -0.395 e. The zero-order valence-corrected chi connectivity index (χ0v) is 19.2. The van der Waals surface area contributed by atoms with Crippen LogP contribution in [0.5, 0.6) is 0 Å². The molecule has 35 heavy (non-hydrogen) atoms. The fourth-order valence-corrected chi connectivity index (χ4v) is 5.00. The van der Waals surface area contributed by atoms with Gasteiger partial charge in [0, 0.05) is 29.9 Å². The van der Waals surface area contributed by atoms with Crippen LogP contribution in [0.2, 0.25) is 0 Å². The Bertz CT molecular complexity index is 1490. The Morgan fingerprint density at radius 3 is 2.91 bits per heavy atom. The topological polar surface area (TPSA) is 83.5 Å². The lowest BCUT2D eigenvalue weighted by atomic mass is 10.2. The summed E-state index contributed by atoms with van der Waals surface area (Å²) in [6.07, 6.45) is 7.44. The van der Waals surface area contributed by atoms with Crippen LogP contribution in [0.4, 0.5) is 15.9 Å². The molecule has 0 bridgehead atoms. The van der Waals surface area contributed by atoms with Gasteiger partial charge in [-0.3, -0.25) is 9.58 Å². The molecule has 178 valence electrons. The minimum absolute atomic E-state index is 0.181. The summed E-state index contributed by atoms with van der Waals surface area (Å²) >= 11 is 0. The van der Waals surface area contributed by atoms with Gasteiger partial charge >= 0.3 is 0 Å². The monoisotopic (exact) mass is 471 g/mol. The van der Waals surface area contributed by atoms with Crippen LogP contribution in [0.25, 0.3) is 16.4 Å². The molecule has 0 saturated carbocycles. The number of halogens is 1. The van der Waals surface area contributed by atoms with Crippen LogP contribution in [0.3, 0.4) is 0 Å². The molecule has 4 heterocycles. The molecule has 2 aromatic carbocycles. The maximum Gasteiger partial charge on any atom is 0.158 e. The van der Waals surface area contributed by atoms with Gasteiger partial charge in [-0.05, 0) is 66.9 Å². The first-order chi connectivity index (χ1) is 17.2. The zero-order valence-electron chi connectivity index (χ0n) is 19.2. The molecule has 1 aliphatic rings. The van der Waals surface area contributed by atoms with Gasteiger partial charge in [-0.25, -0.2) is 13.9 Å². The number of aromatic nitrogens is 5. The van der Waals surface area contributed by atoms with Gasteiger partial charge in [0.25, 0.3) is 0 Å². The molecule has 6 rings (SSSR count). The number of hydrogen-bond donors (Lipinski definition) is 2. The number of aliphatic hydroxyl groups excluding tert-OH is 1. The van der Waals surface area contributed by atoms with E-state index in [2.05, 4.69) is 31.5 Å². The third-order valence-electron chi connectivity index (χ3n) is 6.75. The molecule has 0 spiro atoms. The van der Waals surface area contributed by atoms with Gasteiger partial charge < -0.3 is 10.4 Å². The summed E-state index contributed by atoms with van der Waals surface area (Å²) in [5, 5.41) is 23.0. The Balaban J connectivity index is 1.27. The Kier molecular flexibility index (Phi) is 5.63. The molecule has 1 atom stereocenters. The predicted octanol–water partition coefficient (Wildman–Crippen LogP) is 3.97. The van der Waals surface area contributed by atoms with E-state index in [1.54, 1.807) is 12.4 Å².